The van der Waals surface area contributed by atoms with Crippen LogP contribution in [0.3, 0.4) is 0 Å². The normalized spacial score (nSPS) is 11.3. The van der Waals surface area contributed by atoms with Crippen LogP contribution in [0.25, 0.3) is 33.3 Å². The van der Waals surface area contributed by atoms with Gasteiger partial charge in [-0.2, -0.15) is 0 Å². The molecule has 0 aliphatic heterocycles. The fraction of sp³-hybridized carbons (Fsp3) is 0. The number of halogens is 2. The highest BCUT2D eigenvalue weighted by Gasteiger charge is 2.21. The van der Waals surface area contributed by atoms with E-state index in [0.29, 0.717) is 32.9 Å². The Morgan fingerprint density at radius 1 is 1.00 bits per heavy atom. The van der Waals surface area contributed by atoms with Crippen LogP contribution < -0.4 is 5.69 Å². The Hall–Kier alpha value is -3.49. The van der Waals surface area contributed by atoms with E-state index in [4.69, 9.17) is 11.6 Å². The first kappa shape index (κ1) is 19.5. The van der Waals surface area contributed by atoms with Crippen LogP contribution in [-0.2, 0) is 0 Å². The van der Waals surface area contributed by atoms with Crippen molar-refractivity contribution in [1.29, 1.82) is 0 Å². The molecule has 7 nitrogen and oxygen atoms in total. The zero-order chi connectivity index (χ0) is 21.7. The summed E-state index contributed by atoms with van der Waals surface area (Å²) in [5, 5.41) is 12.4. The molecule has 3 aromatic carbocycles. The molecule has 0 atom stereocenters. The number of rotatable bonds is 3. The number of nitro benzene ring substituents is 1. The maximum Gasteiger partial charge on any atom is 0.338 e. The number of para-hydroxylation sites is 1. The number of pyridine rings is 1. The van der Waals surface area contributed by atoms with E-state index in [0.717, 1.165) is 9.86 Å². The number of imidazole rings is 1. The number of hydrogen-bond donors (Lipinski definition) is 0. The predicted molar refractivity (Wildman–Crippen MR) is 124 cm³/mol. The number of nitrogens with zero attached hydrogens (tertiary/aromatic N) is 4. The average Bonchev–Trinajstić information content (AvgIpc) is 3.06. The van der Waals surface area contributed by atoms with Crippen molar-refractivity contribution in [3.63, 3.8) is 0 Å². The van der Waals surface area contributed by atoms with E-state index in [-0.39, 0.29) is 5.69 Å². The number of nitro groups is 1. The zero-order valence-corrected chi connectivity index (χ0v) is 18.0. The second kappa shape index (κ2) is 7.33. The Bertz CT molecular complexity index is 1570. The highest BCUT2D eigenvalue weighted by molar-refractivity contribution is 9.10. The Morgan fingerprint density at radius 2 is 1.81 bits per heavy atom. The van der Waals surface area contributed by atoms with Gasteiger partial charge in [-0.15, -0.1) is 0 Å². The van der Waals surface area contributed by atoms with Gasteiger partial charge in [-0.25, -0.2) is 4.79 Å². The van der Waals surface area contributed by atoms with Crippen molar-refractivity contribution in [2.24, 2.45) is 0 Å². The van der Waals surface area contributed by atoms with Gasteiger partial charge >= 0.3 is 5.69 Å². The van der Waals surface area contributed by atoms with Crippen LogP contribution in [0.2, 0.25) is 5.02 Å². The van der Waals surface area contributed by atoms with Crippen molar-refractivity contribution in [2.75, 3.05) is 0 Å². The van der Waals surface area contributed by atoms with Gasteiger partial charge in [0.2, 0.25) is 0 Å². The molecule has 5 aromatic rings. The SMILES string of the molecule is O=c1n(-c2cccc([N+](=O)[O-])c2)c2cnc3ccc(Br)cc3c2n1-c1ccccc1Cl. The third-order valence-corrected chi connectivity index (χ3v) is 5.83. The molecule has 2 aromatic heterocycles. The Morgan fingerprint density at radius 3 is 2.58 bits per heavy atom. The number of benzene rings is 3. The first-order chi connectivity index (χ1) is 15.0. The highest BCUT2D eigenvalue weighted by atomic mass is 79.9. The quantitative estimate of drug-likeness (QED) is 0.239. The van der Waals surface area contributed by atoms with Crippen molar-refractivity contribution < 1.29 is 4.92 Å². The third-order valence-electron chi connectivity index (χ3n) is 5.02. The second-order valence-corrected chi connectivity index (χ2v) is 8.16. The molecular weight excluding hydrogens is 484 g/mol. The van der Waals surface area contributed by atoms with Gasteiger partial charge in [0.1, 0.15) is 0 Å². The summed E-state index contributed by atoms with van der Waals surface area (Å²) in [6, 6.07) is 18.6. The van der Waals surface area contributed by atoms with Gasteiger partial charge in [0.25, 0.3) is 5.69 Å². The Balaban J connectivity index is 1.98. The molecule has 0 amide bonds. The fourth-order valence-corrected chi connectivity index (χ4v) is 4.27. The smallest absolute Gasteiger partial charge is 0.258 e. The molecule has 9 heteroatoms. The number of fused-ring (bicyclic) bond motifs is 3. The van der Waals surface area contributed by atoms with E-state index in [1.165, 1.54) is 21.3 Å². The van der Waals surface area contributed by atoms with E-state index in [2.05, 4.69) is 20.9 Å². The number of aromatic nitrogens is 3. The lowest BCUT2D eigenvalue weighted by molar-refractivity contribution is -0.384. The standard InChI is InChI=1S/C22H12BrClN4O3/c23-13-8-9-18-16(10-13)21-20(12-25-18)26(14-4-3-5-15(11-14)28(30)31)22(29)27(21)19-7-2-1-6-17(19)24/h1-12H. The second-order valence-electron chi connectivity index (χ2n) is 6.84. The maximum absolute atomic E-state index is 13.7. The summed E-state index contributed by atoms with van der Waals surface area (Å²) in [4.78, 5) is 29.0. The monoisotopic (exact) mass is 494 g/mol. The minimum atomic E-state index is -0.494. The van der Waals surface area contributed by atoms with Gasteiger partial charge in [0.15, 0.2) is 0 Å². The molecular formula is C22H12BrClN4O3. The van der Waals surface area contributed by atoms with E-state index in [9.17, 15) is 14.9 Å². The van der Waals surface area contributed by atoms with Crippen LogP contribution in [0.15, 0.2) is 82.2 Å². The topological polar surface area (TPSA) is 83.0 Å². The van der Waals surface area contributed by atoms with Crippen LogP contribution in [0.5, 0.6) is 0 Å². The molecule has 0 unspecified atom stereocenters. The highest BCUT2D eigenvalue weighted by Crippen LogP contribution is 2.31. The van der Waals surface area contributed by atoms with Crippen LogP contribution in [0.1, 0.15) is 0 Å². The summed E-state index contributed by atoms with van der Waals surface area (Å²) in [5.41, 5.74) is 2.18. The lowest BCUT2D eigenvalue weighted by Gasteiger charge is -2.07. The van der Waals surface area contributed by atoms with Gasteiger partial charge in [-0.05, 0) is 36.4 Å². The fourth-order valence-electron chi connectivity index (χ4n) is 3.69. The summed E-state index contributed by atoms with van der Waals surface area (Å²) in [7, 11) is 0. The Kier molecular flexibility index (Phi) is 4.60. The van der Waals surface area contributed by atoms with Crippen molar-refractivity contribution >= 4 is 55.2 Å². The van der Waals surface area contributed by atoms with Crippen LogP contribution >= 0.6 is 27.5 Å². The molecule has 152 valence electrons. The van der Waals surface area contributed by atoms with Crippen LogP contribution in [-0.4, -0.2) is 19.0 Å². The molecule has 0 spiro atoms. The Labute approximate surface area is 188 Å². The number of non-ortho nitro benzene ring substituents is 1. The summed E-state index contributed by atoms with van der Waals surface area (Å²) >= 11 is 9.94. The summed E-state index contributed by atoms with van der Waals surface area (Å²) in [6.07, 6.45) is 1.60. The molecule has 0 saturated carbocycles. The molecule has 0 fully saturated rings. The molecule has 5 rings (SSSR count). The minimum Gasteiger partial charge on any atom is -0.258 e. The molecule has 2 heterocycles. The van der Waals surface area contributed by atoms with Crippen molar-refractivity contribution in [1.82, 2.24) is 14.1 Å². The predicted octanol–water partition coefficient (Wildman–Crippen LogP) is 5.65. The van der Waals surface area contributed by atoms with Gasteiger partial charge in [0.05, 0.1) is 44.1 Å². The van der Waals surface area contributed by atoms with Gasteiger partial charge in [0, 0.05) is 22.0 Å². The van der Waals surface area contributed by atoms with E-state index in [1.54, 1.807) is 42.6 Å². The largest absolute Gasteiger partial charge is 0.338 e. The molecule has 0 aliphatic carbocycles. The molecule has 0 radical (unpaired) electrons. The first-order valence-electron chi connectivity index (χ1n) is 9.17. The van der Waals surface area contributed by atoms with Gasteiger partial charge in [-0.1, -0.05) is 45.7 Å². The van der Waals surface area contributed by atoms with Crippen LogP contribution in [0.4, 0.5) is 5.69 Å². The summed E-state index contributed by atoms with van der Waals surface area (Å²) < 4.78 is 3.77. The molecule has 0 bridgehead atoms. The zero-order valence-electron chi connectivity index (χ0n) is 15.7. The third kappa shape index (κ3) is 3.11. The molecule has 0 N–H and O–H groups in total. The van der Waals surface area contributed by atoms with Gasteiger partial charge in [-0.3, -0.25) is 24.2 Å². The summed E-state index contributed by atoms with van der Waals surface area (Å²) in [6.45, 7) is 0. The van der Waals surface area contributed by atoms with Gasteiger partial charge < -0.3 is 0 Å². The minimum absolute atomic E-state index is 0.112. The van der Waals surface area contributed by atoms with Crippen molar-refractivity contribution in [2.45, 2.75) is 0 Å². The lowest BCUT2D eigenvalue weighted by atomic mass is 10.2. The molecule has 31 heavy (non-hydrogen) atoms. The first-order valence-corrected chi connectivity index (χ1v) is 10.3. The van der Waals surface area contributed by atoms with Crippen LogP contribution in [0, 0.1) is 10.1 Å². The molecule has 0 saturated heterocycles. The van der Waals surface area contributed by atoms with E-state index in [1.807, 2.05) is 18.2 Å². The average molecular weight is 496 g/mol. The lowest BCUT2D eigenvalue weighted by Crippen LogP contribution is -2.22. The molecule has 0 aliphatic rings. The maximum atomic E-state index is 13.7. The van der Waals surface area contributed by atoms with Crippen molar-refractivity contribution in [3.8, 4) is 11.4 Å². The van der Waals surface area contributed by atoms with Crippen molar-refractivity contribution in [3.05, 3.63) is 103 Å². The van der Waals surface area contributed by atoms with E-state index < -0.39 is 10.6 Å². The van der Waals surface area contributed by atoms with E-state index >= 15 is 0 Å². The number of hydrogen-bond acceptors (Lipinski definition) is 4. The summed E-state index contributed by atoms with van der Waals surface area (Å²) in [5.74, 6) is 0.